The topological polar surface area (TPSA) is 30.3 Å². The molecule has 3 heteroatoms. The fraction of sp³-hybridized carbons (Fsp3) is 0.350. The zero-order valence-electron chi connectivity index (χ0n) is 14.3. The molecular weight excluding hydrogens is 282 g/mol. The lowest BCUT2D eigenvalue weighted by molar-refractivity contribution is 0.384. The van der Waals surface area contributed by atoms with Gasteiger partial charge in [0.05, 0.1) is 0 Å². The standard InChI is InChI=1S/C20H25N3/c1-15-12-16(2)14-18(13-15)22-8-10-23(11-9-22)20(21)19-7-5-4-6-17(19)3/h4-7,12-14,21H,8-11H2,1-3H3. The first-order valence-corrected chi connectivity index (χ1v) is 8.27. The summed E-state index contributed by atoms with van der Waals surface area (Å²) in [6.07, 6.45) is 0. The lowest BCUT2D eigenvalue weighted by Crippen LogP contribution is -2.49. The summed E-state index contributed by atoms with van der Waals surface area (Å²) in [5.74, 6) is 0.656. The third-order valence-electron chi connectivity index (χ3n) is 4.57. The monoisotopic (exact) mass is 307 g/mol. The predicted molar refractivity (Wildman–Crippen MR) is 97.7 cm³/mol. The molecule has 23 heavy (non-hydrogen) atoms. The van der Waals surface area contributed by atoms with Crippen molar-refractivity contribution < 1.29 is 0 Å². The summed E-state index contributed by atoms with van der Waals surface area (Å²) in [4.78, 5) is 4.63. The molecule has 2 aromatic carbocycles. The maximum absolute atomic E-state index is 8.51. The summed E-state index contributed by atoms with van der Waals surface area (Å²) in [6.45, 7) is 10.1. The van der Waals surface area contributed by atoms with Crippen LogP contribution in [-0.2, 0) is 0 Å². The van der Waals surface area contributed by atoms with Crippen LogP contribution in [0.5, 0.6) is 0 Å². The van der Waals surface area contributed by atoms with Crippen LogP contribution >= 0.6 is 0 Å². The number of nitrogens with one attached hydrogen (secondary N) is 1. The van der Waals surface area contributed by atoms with Gasteiger partial charge in [0, 0.05) is 37.4 Å². The van der Waals surface area contributed by atoms with Crippen LogP contribution in [-0.4, -0.2) is 36.9 Å². The molecule has 3 rings (SSSR count). The summed E-state index contributed by atoms with van der Waals surface area (Å²) in [5, 5.41) is 8.51. The van der Waals surface area contributed by atoms with Crippen molar-refractivity contribution in [1.82, 2.24) is 4.90 Å². The molecule has 0 spiro atoms. The first-order chi connectivity index (χ1) is 11.0. The maximum Gasteiger partial charge on any atom is 0.128 e. The molecule has 2 aromatic rings. The first kappa shape index (κ1) is 15.6. The molecule has 0 radical (unpaired) electrons. The molecular formula is C20H25N3. The molecule has 1 N–H and O–H groups in total. The maximum atomic E-state index is 8.51. The third-order valence-corrected chi connectivity index (χ3v) is 4.57. The number of hydrogen-bond acceptors (Lipinski definition) is 2. The Morgan fingerprint density at radius 1 is 0.870 bits per heavy atom. The lowest BCUT2D eigenvalue weighted by Gasteiger charge is -2.38. The van der Waals surface area contributed by atoms with Gasteiger partial charge in [0.2, 0.25) is 0 Å². The highest BCUT2D eigenvalue weighted by atomic mass is 15.3. The van der Waals surface area contributed by atoms with E-state index in [1.54, 1.807) is 0 Å². The van der Waals surface area contributed by atoms with Gasteiger partial charge in [0.1, 0.15) is 5.84 Å². The van der Waals surface area contributed by atoms with Crippen molar-refractivity contribution >= 4 is 11.5 Å². The highest BCUT2D eigenvalue weighted by molar-refractivity contribution is 5.97. The summed E-state index contributed by atoms with van der Waals surface area (Å²) in [7, 11) is 0. The summed E-state index contributed by atoms with van der Waals surface area (Å²) in [5.41, 5.74) is 6.16. The summed E-state index contributed by atoms with van der Waals surface area (Å²) < 4.78 is 0. The second-order valence-electron chi connectivity index (χ2n) is 6.48. The van der Waals surface area contributed by atoms with E-state index in [2.05, 4.69) is 54.8 Å². The molecule has 0 unspecified atom stereocenters. The molecule has 3 nitrogen and oxygen atoms in total. The highest BCUT2D eigenvalue weighted by Crippen LogP contribution is 2.21. The van der Waals surface area contributed by atoms with Gasteiger partial charge in [-0.3, -0.25) is 5.41 Å². The molecule has 1 heterocycles. The van der Waals surface area contributed by atoms with Crippen LogP contribution in [0.3, 0.4) is 0 Å². The van der Waals surface area contributed by atoms with Crippen molar-refractivity contribution in [3.8, 4) is 0 Å². The van der Waals surface area contributed by atoms with Crippen LogP contribution in [0, 0.1) is 26.2 Å². The van der Waals surface area contributed by atoms with Crippen LogP contribution in [0.4, 0.5) is 5.69 Å². The Kier molecular flexibility index (Phi) is 4.37. The van der Waals surface area contributed by atoms with Crippen molar-refractivity contribution in [3.05, 3.63) is 64.7 Å². The minimum absolute atomic E-state index is 0.656. The highest BCUT2D eigenvalue weighted by Gasteiger charge is 2.21. The molecule has 0 atom stereocenters. The van der Waals surface area contributed by atoms with E-state index in [4.69, 9.17) is 5.41 Å². The van der Waals surface area contributed by atoms with E-state index in [1.807, 2.05) is 18.2 Å². The molecule has 0 aliphatic carbocycles. The number of nitrogens with zero attached hydrogens (tertiary/aromatic N) is 2. The second-order valence-corrected chi connectivity index (χ2v) is 6.48. The SMILES string of the molecule is Cc1cc(C)cc(N2CCN(C(=N)c3ccccc3C)CC2)c1. The molecule has 1 fully saturated rings. The zero-order chi connectivity index (χ0) is 16.4. The molecule has 0 saturated carbocycles. The number of piperazine rings is 1. The molecule has 0 bridgehead atoms. The van der Waals surface area contributed by atoms with Crippen LogP contribution < -0.4 is 4.90 Å². The number of amidine groups is 1. The largest absolute Gasteiger partial charge is 0.368 e. The van der Waals surface area contributed by atoms with Gasteiger partial charge in [0.25, 0.3) is 0 Å². The average Bonchev–Trinajstić information content (AvgIpc) is 2.54. The van der Waals surface area contributed by atoms with Crippen molar-refractivity contribution in [1.29, 1.82) is 5.41 Å². The van der Waals surface area contributed by atoms with Gasteiger partial charge in [0.15, 0.2) is 0 Å². The van der Waals surface area contributed by atoms with E-state index in [0.29, 0.717) is 5.84 Å². The van der Waals surface area contributed by atoms with Crippen molar-refractivity contribution in [3.63, 3.8) is 0 Å². The zero-order valence-corrected chi connectivity index (χ0v) is 14.3. The summed E-state index contributed by atoms with van der Waals surface area (Å²) >= 11 is 0. The fourth-order valence-corrected chi connectivity index (χ4v) is 3.33. The van der Waals surface area contributed by atoms with Gasteiger partial charge in [-0.1, -0.05) is 30.3 Å². The predicted octanol–water partition coefficient (Wildman–Crippen LogP) is 3.76. The lowest BCUT2D eigenvalue weighted by atomic mass is 10.1. The van der Waals surface area contributed by atoms with Crippen LogP contribution in [0.15, 0.2) is 42.5 Å². The molecule has 1 saturated heterocycles. The number of aryl methyl sites for hydroxylation is 3. The second kappa shape index (κ2) is 6.45. The average molecular weight is 307 g/mol. The van der Waals surface area contributed by atoms with Gasteiger partial charge < -0.3 is 9.80 Å². The number of anilines is 1. The van der Waals surface area contributed by atoms with Crippen molar-refractivity contribution in [2.75, 3.05) is 31.1 Å². The van der Waals surface area contributed by atoms with E-state index in [0.717, 1.165) is 31.7 Å². The minimum Gasteiger partial charge on any atom is -0.368 e. The number of benzene rings is 2. The van der Waals surface area contributed by atoms with Crippen molar-refractivity contribution in [2.45, 2.75) is 20.8 Å². The van der Waals surface area contributed by atoms with Crippen LogP contribution in [0.25, 0.3) is 0 Å². The van der Waals surface area contributed by atoms with Gasteiger partial charge in [-0.05, 0) is 49.6 Å². The van der Waals surface area contributed by atoms with Crippen molar-refractivity contribution in [2.24, 2.45) is 0 Å². The molecule has 1 aliphatic heterocycles. The third kappa shape index (κ3) is 3.39. The number of hydrogen-bond donors (Lipinski definition) is 1. The Bertz CT molecular complexity index is 692. The van der Waals surface area contributed by atoms with E-state index >= 15 is 0 Å². The van der Waals surface area contributed by atoms with Gasteiger partial charge in [-0.2, -0.15) is 0 Å². The Labute approximate surface area is 139 Å². The van der Waals surface area contributed by atoms with E-state index in [-0.39, 0.29) is 0 Å². The minimum atomic E-state index is 0.656. The quantitative estimate of drug-likeness (QED) is 0.676. The Balaban J connectivity index is 1.69. The van der Waals surface area contributed by atoms with Gasteiger partial charge >= 0.3 is 0 Å². The first-order valence-electron chi connectivity index (χ1n) is 8.27. The molecule has 0 amide bonds. The Hall–Kier alpha value is -2.29. The van der Waals surface area contributed by atoms with E-state index in [9.17, 15) is 0 Å². The molecule has 1 aliphatic rings. The smallest absolute Gasteiger partial charge is 0.128 e. The Morgan fingerprint density at radius 2 is 1.48 bits per heavy atom. The molecule has 120 valence electrons. The number of rotatable bonds is 2. The van der Waals surface area contributed by atoms with E-state index < -0.39 is 0 Å². The fourth-order valence-electron chi connectivity index (χ4n) is 3.33. The Morgan fingerprint density at radius 3 is 2.09 bits per heavy atom. The van der Waals surface area contributed by atoms with Gasteiger partial charge in [-0.25, -0.2) is 0 Å². The van der Waals surface area contributed by atoms with E-state index in [1.165, 1.54) is 22.4 Å². The normalized spacial score (nSPS) is 14.9. The summed E-state index contributed by atoms with van der Waals surface area (Å²) in [6, 6.07) is 14.9. The van der Waals surface area contributed by atoms with Crippen LogP contribution in [0.1, 0.15) is 22.3 Å². The van der Waals surface area contributed by atoms with Crippen LogP contribution in [0.2, 0.25) is 0 Å². The van der Waals surface area contributed by atoms with Gasteiger partial charge in [-0.15, -0.1) is 0 Å². The molecule has 0 aromatic heterocycles.